The van der Waals surface area contributed by atoms with Crippen LogP contribution < -0.4 is 10.7 Å². The summed E-state index contributed by atoms with van der Waals surface area (Å²) in [4.78, 5) is 12.7. The molecule has 0 saturated heterocycles. The molecule has 7 nitrogen and oxygen atoms in total. The van der Waals surface area contributed by atoms with Crippen molar-refractivity contribution in [2.24, 2.45) is 12.1 Å². The largest absolute Gasteiger partial charge is 0.320 e. The number of aryl methyl sites for hydroxylation is 2. The second kappa shape index (κ2) is 8.30. The van der Waals surface area contributed by atoms with Gasteiger partial charge in [0.05, 0.1) is 5.69 Å². The van der Waals surface area contributed by atoms with Gasteiger partial charge in [0.2, 0.25) is 0 Å². The fourth-order valence-corrected chi connectivity index (χ4v) is 2.71. The van der Waals surface area contributed by atoms with E-state index in [4.69, 9.17) is 0 Å². The Kier molecular flexibility index (Phi) is 5.65. The number of hydrogen-bond donors (Lipinski definition) is 2. The van der Waals surface area contributed by atoms with Gasteiger partial charge in [0.1, 0.15) is 6.33 Å². The van der Waals surface area contributed by atoms with Gasteiger partial charge >= 0.3 is 0 Å². The summed E-state index contributed by atoms with van der Waals surface area (Å²) in [6.07, 6.45) is 1.57. The molecule has 0 saturated carbocycles. The molecule has 26 heavy (non-hydrogen) atoms. The van der Waals surface area contributed by atoms with E-state index < -0.39 is 0 Å². The van der Waals surface area contributed by atoms with Gasteiger partial charge < -0.3 is 9.88 Å². The topological polar surface area (TPSA) is 84.2 Å². The smallest absolute Gasteiger partial charge is 0.283 e. The molecule has 0 aliphatic carbocycles. The molecule has 0 radical (unpaired) electrons. The first kappa shape index (κ1) is 17.7. The van der Waals surface area contributed by atoms with Gasteiger partial charge in [-0.25, -0.2) is 0 Å². The van der Waals surface area contributed by atoms with E-state index in [1.165, 1.54) is 0 Å². The van der Waals surface area contributed by atoms with Gasteiger partial charge in [0, 0.05) is 12.7 Å². The third-order valence-electron chi connectivity index (χ3n) is 3.42. The SMILES string of the molecule is Cc1ccc(N/N=C(/Sc2nncn2C)C(=O)Nc2ccccc2)cc1. The second-order valence-corrected chi connectivity index (χ2v) is 6.50. The summed E-state index contributed by atoms with van der Waals surface area (Å²) < 4.78 is 1.72. The van der Waals surface area contributed by atoms with E-state index in [0.29, 0.717) is 10.8 Å². The highest BCUT2D eigenvalue weighted by Crippen LogP contribution is 2.18. The molecule has 0 aliphatic rings. The molecule has 2 N–H and O–H groups in total. The third kappa shape index (κ3) is 4.70. The van der Waals surface area contributed by atoms with Crippen LogP contribution in [0.3, 0.4) is 0 Å². The molecule has 0 fully saturated rings. The highest BCUT2D eigenvalue weighted by molar-refractivity contribution is 8.15. The van der Waals surface area contributed by atoms with Crippen LogP contribution in [0.4, 0.5) is 11.4 Å². The molecular weight excluding hydrogens is 348 g/mol. The molecule has 8 heteroatoms. The maximum Gasteiger partial charge on any atom is 0.283 e. The molecule has 1 aromatic heterocycles. The van der Waals surface area contributed by atoms with Gasteiger partial charge in [0.25, 0.3) is 5.91 Å². The van der Waals surface area contributed by atoms with Gasteiger partial charge in [0.15, 0.2) is 10.2 Å². The number of anilines is 2. The van der Waals surface area contributed by atoms with Gasteiger partial charge in [-0.3, -0.25) is 10.2 Å². The number of hydrazone groups is 1. The summed E-state index contributed by atoms with van der Waals surface area (Å²) in [5, 5.41) is 15.7. The second-order valence-electron chi connectivity index (χ2n) is 5.54. The molecule has 0 atom stereocenters. The van der Waals surface area contributed by atoms with Crippen LogP contribution in [0.15, 0.2) is 71.2 Å². The van der Waals surface area contributed by atoms with Crippen molar-refractivity contribution < 1.29 is 4.79 Å². The lowest BCUT2D eigenvalue weighted by molar-refractivity contribution is -0.110. The standard InChI is InChI=1S/C18H18N6OS/c1-13-8-10-15(11-9-13)21-22-17(26-18-23-19-12-24(18)2)16(25)20-14-6-4-3-5-7-14/h3-12,21H,1-2H3,(H,20,25)/b22-17+. The Morgan fingerprint density at radius 1 is 1.08 bits per heavy atom. The lowest BCUT2D eigenvalue weighted by Crippen LogP contribution is -2.22. The fourth-order valence-electron chi connectivity index (χ4n) is 2.02. The van der Waals surface area contributed by atoms with Crippen LogP contribution in [0, 0.1) is 6.92 Å². The molecule has 0 aliphatic heterocycles. The average Bonchev–Trinajstić information content (AvgIpc) is 3.05. The maximum absolute atomic E-state index is 12.7. The van der Waals surface area contributed by atoms with Crippen molar-refractivity contribution in [3.8, 4) is 0 Å². The van der Waals surface area contributed by atoms with Gasteiger partial charge in [-0.1, -0.05) is 35.9 Å². The zero-order valence-electron chi connectivity index (χ0n) is 14.4. The summed E-state index contributed by atoms with van der Waals surface area (Å²) in [5.74, 6) is -0.330. The zero-order chi connectivity index (χ0) is 18.4. The molecule has 3 rings (SSSR count). The van der Waals surface area contributed by atoms with Gasteiger partial charge in [-0.2, -0.15) is 5.10 Å². The Morgan fingerprint density at radius 2 is 1.81 bits per heavy atom. The molecule has 0 bridgehead atoms. The van der Waals surface area contributed by atoms with E-state index in [2.05, 4.69) is 26.0 Å². The van der Waals surface area contributed by atoms with Crippen molar-refractivity contribution in [2.75, 3.05) is 10.7 Å². The average molecular weight is 366 g/mol. The number of carbonyl (C=O) groups excluding carboxylic acids is 1. The summed E-state index contributed by atoms with van der Waals surface area (Å²) in [7, 11) is 1.81. The number of nitrogens with zero attached hydrogens (tertiary/aromatic N) is 4. The van der Waals surface area contributed by atoms with Crippen molar-refractivity contribution in [2.45, 2.75) is 12.1 Å². The summed E-state index contributed by atoms with van der Waals surface area (Å²) in [6.45, 7) is 2.01. The van der Waals surface area contributed by atoms with Crippen molar-refractivity contribution in [3.05, 3.63) is 66.5 Å². The van der Waals surface area contributed by atoms with Crippen molar-refractivity contribution in [1.82, 2.24) is 14.8 Å². The van der Waals surface area contributed by atoms with Crippen LogP contribution in [-0.4, -0.2) is 25.7 Å². The minimum absolute atomic E-state index is 0.227. The van der Waals surface area contributed by atoms with Crippen molar-refractivity contribution in [1.29, 1.82) is 0 Å². The highest BCUT2D eigenvalue weighted by atomic mass is 32.2. The summed E-state index contributed by atoms with van der Waals surface area (Å²) in [5.41, 5.74) is 5.55. The van der Waals surface area contributed by atoms with Crippen LogP contribution in [0.5, 0.6) is 0 Å². The number of para-hydroxylation sites is 1. The van der Waals surface area contributed by atoms with Crippen LogP contribution in [0.1, 0.15) is 5.56 Å². The molecule has 1 heterocycles. The molecular formula is C18H18N6OS. The molecule has 3 aromatic rings. The van der Waals surface area contributed by atoms with E-state index in [0.717, 1.165) is 23.0 Å². The number of aromatic nitrogens is 3. The number of amides is 1. The van der Waals surface area contributed by atoms with E-state index >= 15 is 0 Å². The number of thioether (sulfide) groups is 1. The molecule has 0 unspecified atom stereocenters. The first-order chi connectivity index (χ1) is 12.6. The maximum atomic E-state index is 12.7. The number of nitrogens with one attached hydrogen (secondary N) is 2. The highest BCUT2D eigenvalue weighted by Gasteiger charge is 2.17. The molecule has 1 amide bonds. The van der Waals surface area contributed by atoms with Crippen LogP contribution in [0.2, 0.25) is 0 Å². The Morgan fingerprint density at radius 3 is 2.46 bits per heavy atom. The monoisotopic (exact) mass is 366 g/mol. The fraction of sp³-hybridized carbons (Fsp3) is 0.111. The van der Waals surface area contributed by atoms with Crippen molar-refractivity contribution >= 4 is 34.1 Å². The number of hydrogen-bond acceptors (Lipinski definition) is 6. The first-order valence-corrected chi connectivity index (χ1v) is 8.72. The lowest BCUT2D eigenvalue weighted by atomic mass is 10.2. The Bertz CT molecular complexity index is 905. The summed E-state index contributed by atoms with van der Waals surface area (Å²) in [6, 6.07) is 17.0. The predicted octanol–water partition coefficient (Wildman–Crippen LogP) is 3.28. The summed E-state index contributed by atoms with van der Waals surface area (Å²) >= 11 is 1.14. The minimum Gasteiger partial charge on any atom is -0.320 e. The zero-order valence-corrected chi connectivity index (χ0v) is 15.2. The van der Waals surface area contributed by atoms with E-state index in [1.54, 1.807) is 10.9 Å². The Hall–Kier alpha value is -3.13. The van der Waals surface area contributed by atoms with Crippen LogP contribution in [-0.2, 0) is 11.8 Å². The van der Waals surface area contributed by atoms with Crippen LogP contribution in [0.25, 0.3) is 0 Å². The quantitative estimate of drug-likeness (QED) is 0.320. The Balaban J connectivity index is 1.80. The number of rotatable bonds is 4. The normalized spacial score (nSPS) is 11.2. The van der Waals surface area contributed by atoms with Gasteiger partial charge in [-0.05, 0) is 43.0 Å². The van der Waals surface area contributed by atoms with Gasteiger partial charge in [-0.15, -0.1) is 10.2 Å². The van der Waals surface area contributed by atoms with E-state index in [9.17, 15) is 4.79 Å². The van der Waals surface area contributed by atoms with E-state index in [1.807, 2.05) is 68.6 Å². The third-order valence-corrected chi connectivity index (χ3v) is 4.44. The van der Waals surface area contributed by atoms with Crippen molar-refractivity contribution in [3.63, 3.8) is 0 Å². The molecule has 2 aromatic carbocycles. The first-order valence-electron chi connectivity index (χ1n) is 7.90. The van der Waals surface area contributed by atoms with E-state index in [-0.39, 0.29) is 11.0 Å². The number of benzene rings is 2. The lowest BCUT2D eigenvalue weighted by Gasteiger charge is -2.08. The number of carbonyl (C=O) groups is 1. The minimum atomic E-state index is -0.330. The molecule has 0 spiro atoms. The Labute approximate surface area is 155 Å². The predicted molar refractivity (Wildman–Crippen MR) is 104 cm³/mol. The van der Waals surface area contributed by atoms with Crippen LogP contribution >= 0.6 is 11.8 Å². The molecule has 132 valence electrons.